The predicted octanol–water partition coefficient (Wildman–Crippen LogP) is 7.54. The number of rotatable bonds is 17. The number of carbonyl (C=O) groups excluding carboxylic acids is 2. The molecule has 2 amide bonds. The molecule has 0 saturated carbocycles. The van der Waals surface area contributed by atoms with Crippen LogP contribution in [-0.4, -0.2) is 41.6 Å². The lowest BCUT2D eigenvalue weighted by molar-refractivity contribution is -0.121. The number of nitrogens with one attached hydrogen (secondary N) is 1. The van der Waals surface area contributed by atoms with Crippen molar-refractivity contribution in [1.29, 1.82) is 0 Å². The predicted molar refractivity (Wildman–Crippen MR) is 138 cm³/mol. The molecular formula is C28H52N2O3. The Hall–Kier alpha value is -1.52. The Labute approximate surface area is 204 Å². The number of amides is 2. The lowest BCUT2D eigenvalue weighted by Gasteiger charge is -2.28. The molecule has 0 radical (unpaired) electrons. The van der Waals surface area contributed by atoms with E-state index in [1.54, 1.807) is 4.90 Å². The van der Waals surface area contributed by atoms with E-state index in [1.165, 1.54) is 70.6 Å². The molecular weight excluding hydrogens is 412 g/mol. The SMILES string of the molecule is CCCCCCCC/C=C\CCCCCCCC(=O)NC[C@@H]1CCCN1C(=O)OC(C)(C)C. The van der Waals surface area contributed by atoms with E-state index in [0.717, 1.165) is 25.7 Å². The third-order valence-electron chi connectivity index (χ3n) is 6.21. The summed E-state index contributed by atoms with van der Waals surface area (Å²) < 4.78 is 5.49. The summed E-state index contributed by atoms with van der Waals surface area (Å²) in [7, 11) is 0. The first-order valence-electron chi connectivity index (χ1n) is 13.7. The number of likely N-dealkylation sites (tertiary alicyclic amines) is 1. The molecule has 0 aromatic heterocycles. The summed E-state index contributed by atoms with van der Waals surface area (Å²) >= 11 is 0. The molecule has 5 heteroatoms. The van der Waals surface area contributed by atoms with E-state index < -0.39 is 5.60 Å². The third-order valence-corrected chi connectivity index (χ3v) is 6.21. The van der Waals surface area contributed by atoms with Crippen LogP contribution in [0.3, 0.4) is 0 Å². The molecule has 1 rings (SSSR count). The van der Waals surface area contributed by atoms with Crippen LogP contribution in [-0.2, 0) is 9.53 Å². The maximum Gasteiger partial charge on any atom is 0.410 e. The van der Waals surface area contributed by atoms with Gasteiger partial charge < -0.3 is 15.0 Å². The summed E-state index contributed by atoms with van der Waals surface area (Å²) in [6.45, 7) is 9.15. The zero-order valence-corrected chi connectivity index (χ0v) is 22.1. The number of hydrogen-bond donors (Lipinski definition) is 1. The second-order valence-corrected chi connectivity index (χ2v) is 10.6. The average molecular weight is 465 g/mol. The molecule has 1 atom stereocenters. The number of allylic oxidation sites excluding steroid dienone is 2. The highest BCUT2D eigenvalue weighted by molar-refractivity contribution is 5.76. The van der Waals surface area contributed by atoms with Crippen LogP contribution in [0.15, 0.2) is 12.2 Å². The normalized spacial score (nSPS) is 16.5. The molecule has 0 spiro atoms. The van der Waals surface area contributed by atoms with Crippen LogP contribution in [0.25, 0.3) is 0 Å². The fourth-order valence-electron chi connectivity index (χ4n) is 4.29. The van der Waals surface area contributed by atoms with Crippen molar-refractivity contribution >= 4 is 12.0 Å². The van der Waals surface area contributed by atoms with Crippen LogP contribution in [0.5, 0.6) is 0 Å². The molecule has 192 valence electrons. The number of unbranched alkanes of at least 4 members (excludes halogenated alkanes) is 11. The first-order chi connectivity index (χ1) is 15.8. The summed E-state index contributed by atoms with van der Waals surface area (Å²) in [4.78, 5) is 26.3. The number of nitrogens with zero attached hydrogens (tertiary/aromatic N) is 1. The molecule has 33 heavy (non-hydrogen) atoms. The van der Waals surface area contributed by atoms with Crippen LogP contribution >= 0.6 is 0 Å². The van der Waals surface area contributed by atoms with Gasteiger partial charge in [-0.25, -0.2) is 4.79 Å². The second kappa shape index (κ2) is 17.9. The van der Waals surface area contributed by atoms with Gasteiger partial charge in [0.15, 0.2) is 0 Å². The molecule has 1 aliphatic heterocycles. The molecule has 1 N–H and O–H groups in total. The number of ether oxygens (including phenoxy) is 1. The Morgan fingerprint density at radius 2 is 1.48 bits per heavy atom. The van der Waals surface area contributed by atoms with E-state index in [9.17, 15) is 9.59 Å². The Kier molecular flexibility index (Phi) is 16.0. The van der Waals surface area contributed by atoms with Crippen LogP contribution in [0.4, 0.5) is 4.79 Å². The highest BCUT2D eigenvalue weighted by atomic mass is 16.6. The molecule has 0 aliphatic carbocycles. The smallest absolute Gasteiger partial charge is 0.410 e. The van der Waals surface area contributed by atoms with Gasteiger partial charge in [-0.1, -0.05) is 70.4 Å². The minimum Gasteiger partial charge on any atom is -0.444 e. The maximum atomic E-state index is 12.3. The number of carbonyl (C=O) groups is 2. The fraction of sp³-hybridized carbons (Fsp3) is 0.857. The van der Waals surface area contributed by atoms with E-state index in [4.69, 9.17) is 4.74 Å². The summed E-state index contributed by atoms with van der Waals surface area (Å²) in [6, 6.07) is 0.0536. The summed E-state index contributed by atoms with van der Waals surface area (Å²) in [5.74, 6) is 0.101. The summed E-state index contributed by atoms with van der Waals surface area (Å²) in [6.07, 6.45) is 23.3. The van der Waals surface area contributed by atoms with Gasteiger partial charge in [-0.15, -0.1) is 0 Å². The molecule has 0 aromatic carbocycles. The molecule has 0 unspecified atom stereocenters. The minimum absolute atomic E-state index is 0.0536. The van der Waals surface area contributed by atoms with Gasteiger partial charge in [-0.3, -0.25) is 4.79 Å². The highest BCUT2D eigenvalue weighted by Gasteiger charge is 2.32. The van der Waals surface area contributed by atoms with Crippen molar-refractivity contribution in [2.75, 3.05) is 13.1 Å². The van der Waals surface area contributed by atoms with Crippen molar-refractivity contribution in [3.05, 3.63) is 12.2 Å². The van der Waals surface area contributed by atoms with Crippen molar-refractivity contribution in [2.24, 2.45) is 0 Å². The van der Waals surface area contributed by atoms with Gasteiger partial charge in [0.1, 0.15) is 5.60 Å². The maximum absolute atomic E-state index is 12.3. The Morgan fingerprint density at radius 1 is 0.909 bits per heavy atom. The van der Waals surface area contributed by atoms with Crippen molar-refractivity contribution < 1.29 is 14.3 Å². The second-order valence-electron chi connectivity index (χ2n) is 10.6. The average Bonchev–Trinajstić information content (AvgIpc) is 3.23. The van der Waals surface area contributed by atoms with Gasteiger partial charge in [-0.05, 0) is 65.7 Å². The zero-order chi connectivity index (χ0) is 24.4. The Balaban J connectivity index is 1.98. The lowest BCUT2D eigenvalue weighted by atomic mass is 10.1. The zero-order valence-electron chi connectivity index (χ0n) is 22.1. The summed E-state index contributed by atoms with van der Waals surface area (Å²) in [5.41, 5.74) is -0.489. The standard InChI is InChI=1S/C28H52N2O3/c1-5-6-7-8-9-10-11-12-13-14-15-16-17-18-19-22-26(31)29-24-25-21-20-23-30(25)27(32)33-28(2,3)4/h12-13,25H,5-11,14-24H2,1-4H3,(H,29,31)/b13-12-/t25-/m0/s1. The molecule has 1 fully saturated rings. The van der Waals surface area contributed by atoms with E-state index in [0.29, 0.717) is 19.5 Å². The van der Waals surface area contributed by atoms with Crippen molar-refractivity contribution in [2.45, 2.75) is 142 Å². The van der Waals surface area contributed by atoms with E-state index in [2.05, 4.69) is 24.4 Å². The van der Waals surface area contributed by atoms with Gasteiger partial charge in [0, 0.05) is 19.5 Å². The van der Waals surface area contributed by atoms with E-state index >= 15 is 0 Å². The number of hydrogen-bond acceptors (Lipinski definition) is 3. The van der Waals surface area contributed by atoms with Crippen molar-refractivity contribution in [3.63, 3.8) is 0 Å². The monoisotopic (exact) mass is 464 g/mol. The van der Waals surface area contributed by atoms with Crippen molar-refractivity contribution in [1.82, 2.24) is 10.2 Å². The quantitative estimate of drug-likeness (QED) is 0.179. The molecule has 1 saturated heterocycles. The lowest BCUT2D eigenvalue weighted by Crippen LogP contribution is -2.45. The summed E-state index contributed by atoms with van der Waals surface area (Å²) in [5, 5.41) is 3.02. The molecule has 0 aromatic rings. The molecule has 0 bridgehead atoms. The van der Waals surface area contributed by atoms with Crippen LogP contribution in [0.1, 0.15) is 130 Å². The first kappa shape index (κ1) is 29.5. The largest absolute Gasteiger partial charge is 0.444 e. The van der Waals surface area contributed by atoms with E-state index in [-0.39, 0.29) is 18.0 Å². The van der Waals surface area contributed by atoms with Crippen LogP contribution in [0, 0.1) is 0 Å². The minimum atomic E-state index is -0.489. The Morgan fingerprint density at radius 3 is 2.09 bits per heavy atom. The van der Waals surface area contributed by atoms with Crippen LogP contribution < -0.4 is 5.32 Å². The molecule has 1 heterocycles. The molecule has 5 nitrogen and oxygen atoms in total. The topological polar surface area (TPSA) is 58.6 Å². The van der Waals surface area contributed by atoms with Crippen LogP contribution in [0.2, 0.25) is 0 Å². The van der Waals surface area contributed by atoms with Gasteiger partial charge in [0.25, 0.3) is 0 Å². The first-order valence-corrected chi connectivity index (χ1v) is 13.7. The fourth-order valence-corrected chi connectivity index (χ4v) is 4.29. The van der Waals surface area contributed by atoms with Gasteiger partial charge in [-0.2, -0.15) is 0 Å². The van der Waals surface area contributed by atoms with Gasteiger partial charge >= 0.3 is 6.09 Å². The molecule has 1 aliphatic rings. The van der Waals surface area contributed by atoms with Crippen molar-refractivity contribution in [3.8, 4) is 0 Å². The Bertz CT molecular complexity index is 554. The van der Waals surface area contributed by atoms with E-state index in [1.807, 2.05) is 20.8 Å². The highest BCUT2D eigenvalue weighted by Crippen LogP contribution is 2.20. The van der Waals surface area contributed by atoms with Gasteiger partial charge in [0.2, 0.25) is 5.91 Å². The third kappa shape index (κ3) is 15.9. The van der Waals surface area contributed by atoms with Gasteiger partial charge in [0.05, 0.1) is 6.04 Å².